The molecule has 1 saturated heterocycles. The molecule has 2 aliphatic heterocycles. The minimum absolute atomic E-state index is 0.147. The number of methoxy groups -OCH3 is 1. The van der Waals surface area contributed by atoms with Gasteiger partial charge in [-0.15, -0.1) is 0 Å². The number of hydrogen-bond acceptors (Lipinski definition) is 5. The number of hydrogen-bond donors (Lipinski definition) is 1. The van der Waals surface area contributed by atoms with Gasteiger partial charge in [0, 0.05) is 5.56 Å². The average molecular weight is 305 g/mol. The maximum Gasteiger partial charge on any atom is 0.337 e. The Morgan fingerprint density at radius 2 is 2.05 bits per heavy atom. The zero-order chi connectivity index (χ0) is 15.9. The second kappa shape index (κ2) is 5.56. The highest BCUT2D eigenvalue weighted by atomic mass is 16.5. The van der Waals surface area contributed by atoms with Gasteiger partial charge >= 0.3 is 5.97 Å². The molecule has 1 aromatic rings. The van der Waals surface area contributed by atoms with E-state index >= 15 is 0 Å². The van der Waals surface area contributed by atoms with E-state index in [-0.39, 0.29) is 12.0 Å². The fraction of sp³-hybridized carbons (Fsp3) is 0.588. The maximum absolute atomic E-state index is 11.8. The van der Waals surface area contributed by atoms with Crippen molar-refractivity contribution >= 4 is 5.97 Å². The lowest BCUT2D eigenvalue weighted by molar-refractivity contribution is -0.0895. The molecule has 22 heavy (non-hydrogen) atoms. The molecule has 2 atom stereocenters. The third kappa shape index (κ3) is 2.48. The van der Waals surface area contributed by atoms with Crippen molar-refractivity contribution < 1.29 is 19.4 Å². The Morgan fingerprint density at radius 3 is 2.68 bits per heavy atom. The molecule has 2 heterocycles. The van der Waals surface area contributed by atoms with Gasteiger partial charge in [0.1, 0.15) is 17.5 Å². The zero-order valence-electron chi connectivity index (χ0n) is 13.3. The van der Waals surface area contributed by atoms with Crippen LogP contribution in [0.2, 0.25) is 0 Å². The highest BCUT2D eigenvalue weighted by Crippen LogP contribution is 2.44. The van der Waals surface area contributed by atoms with Gasteiger partial charge in [-0.1, -0.05) is 0 Å². The number of carbonyl (C=O) groups excluding carboxylic acids is 1. The summed E-state index contributed by atoms with van der Waals surface area (Å²) in [4.78, 5) is 14.1. The Morgan fingerprint density at radius 1 is 1.36 bits per heavy atom. The van der Waals surface area contributed by atoms with Crippen molar-refractivity contribution in [2.75, 3.05) is 20.2 Å². The van der Waals surface area contributed by atoms with Gasteiger partial charge in [0.25, 0.3) is 0 Å². The van der Waals surface area contributed by atoms with Gasteiger partial charge in [-0.3, -0.25) is 4.90 Å². The summed E-state index contributed by atoms with van der Waals surface area (Å²) >= 11 is 0. The summed E-state index contributed by atoms with van der Waals surface area (Å²) in [5, 5.41) is 10.8. The molecule has 0 spiro atoms. The Bertz CT molecular complexity index is 578. The number of aliphatic hydroxyl groups excluding tert-OH is 1. The van der Waals surface area contributed by atoms with Gasteiger partial charge in [0.15, 0.2) is 0 Å². The fourth-order valence-electron chi connectivity index (χ4n) is 3.43. The molecule has 2 aliphatic rings. The summed E-state index contributed by atoms with van der Waals surface area (Å²) in [6.07, 6.45) is 1.62. The normalized spacial score (nSPS) is 27.1. The van der Waals surface area contributed by atoms with Crippen LogP contribution in [-0.2, 0) is 4.74 Å². The molecule has 1 aromatic carbocycles. The molecule has 0 aromatic heterocycles. The molecule has 0 amide bonds. The van der Waals surface area contributed by atoms with Gasteiger partial charge in [-0.25, -0.2) is 4.79 Å². The first-order valence-electron chi connectivity index (χ1n) is 7.77. The summed E-state index contributed by atoms with van der Waals surface area (Å²) in [5.74, 6) is 0.363. The van der Waals surface area contributed by atoms with Crippen LogP contribution in [0.1, 0.15) is 48.7 Å². The van der Waals surface area contributed by atoms with Crippen molar-refractivity contribution in [1.29, 1.82) is 0 Å². The molecule has 3 rings (SSSR count). The third-order valence-corrected chi connectivity index (χ3v) is 4.67. The van der Waals surface area contributed by atoms with E-state index < -0.39 is 11.7 Å². The van der Waals surface area contributed by atoms with Gasteiger partial charge in [0.2, 0.25) is 0 Å². The number of esters is 1. The highest BCUT2D eigenvalue weighted by Gasteiger charge is 2.46. The van der Waals surface area contributed by atoms with Crippen LogP contribution >= 0.6 is 0 Å². The molecule has 0 saturated carbocycles. The lowest BCUT2D eigenvalue weighted by Gasteiger charge is -2.45. The second-order valence-electron chi connectivity index (χ2n) is 6.58. The van der Waals surface area contributed by atoms with Crippen molar-refractivity contribution in [2.45, 2.75) is 44.4 Å². The first-order valence-corrected chi connectivity index (χ1v) is 7.77. The van der Waals surface area contributed by atoms with Crippen molar-refractivity contribution in [1.82, 2.24) is 4.90 Å². The number of ether oxygens (including phenoxy) is 2. The standard InChI is InChI=1S/C17H23NO4/c1-17(2)15(19)14(18-8-4-5-9-18)12-10-11(16(20)21-3)6-7-13(12)22-17/h6-7,10,14-15,19H,4-5,8-9H2,1-3H3. The summed E-state index contributed by atoms with van der Waals surface area (Å²) in [6.45, 7) is 5.72. The quantitative estimate of drug-likeness (QED) is 0.848. The third-order valence-electron chi connectivity index (χ3n) is 4.67. The first-order chi connectivity index (χ1) is 10.4. The van der Waals surface area contributed by atoms with Crippen molar-refractivity contribution in [3.63, 3.8) is 0 Å². The lowest BCUT2D eigenvalue weighted by Crippen LogP contribution is -2.53. The van der Waals surface area contributed by atoms with E-state index in [0.717, 1.165) is 37.2 Å². The van der Waals surface area contributed by atoms with E-state index in [4.69, 9.17) is 9.47 Å². The van der Waals surface area contributed by atoms with Crippen LogP contribution in [0.4, 0.5) is 0 Å². The van der Waals surface area contributed by atoms with E-state index in [9.17, 15) is 9.90 Å². The van der Waals surface area contributed by atoms with Crippen LogP contribution in [0, 0.1) is 0 Å². The van der Waals surface area contributed by atoms with Gasteiger partial charge < -0.3 is 14.6 Å². The van der Waals surface area contributed by atoms with Crippen LogP contribution in [0.15, 0.2) is 18.2 Å². The molecule has 0 aliphatic carbocycles. The molecule has 1 fully saturated rings. The SMILES string of the molecule is COC(=O)c1ccc2c(c1)C(N1CCCC1)C(O)C(C)(C)O2. The molecule has 0 radical (unpaired) electrons. The van der Waals surface area contributed by atoms with Crippen LogP contribution in [0.25, 0.3) is 0 Å². The monoisotopic (exact) mass is 305 g/mol. The minimum atomic E-state index is -0.660. The van der Waals surface area contributed by atoms with Crippen LogP contribution in [0.3, 0.4) is 0 Å². The minimum Gasteiger partial charge on any atom is -0.485 e. The summed E-state index contributed by atoms with van der Waals surface area (Å²) in [5.41, 5.74) is 0.699. The lowest BCUT2D eigenvalue weighted by atomic mass is 9.85. The first kappa shape index (κ1) is 15.3. The molecule has 5 nitrogen and oxygen atoms in total. The average Bonchev–Trinajstić information content (AvgIpc) is 3.01. The molecule has 0 bridgehead atoms. The predicted octanol–water partition coefficient (Wildman–Crippen LogP) is 2.14. The van der Waals surface area contributed by atoms with Crippen molar-refractivity contribution in [3.8, 4) is 5.75 Å². The zero-order valence-corrected chi connectivity index (χ0v) is 13.3. The topological polar surface area (TPSA) is 59.0 Å². The van der Waals surface area contributed by atoms with E-state index in [1.807, 2.05) is 13.8 Å². The predicted molar refractivity (Wildman–Crippen MR) is 82.0 cm³/mol. The Hall–Kier alpha value is -1.59. The number of carbonyl (C=O) groups is 1. The van der Waals surface area contributed by atoms with Gasteiger partial charge in [-0.05, 0) is 58.0 Å². The highest BCUT2D eigenvalue weighted by molar-refractivity contribution is 5.89. The van der Waals surface area contributed by atoms with E-state index in [1.165, 1.54) is 7.11 Å². The molecule has 120 valence electrons. The number of benzene rings is 1. The molecule has 5 heteroatoms. The van der Waals surface area contributed by atoms with Crippen molar-refractivity contribution in [3.05, 3.63) is 29.3 Å². The maximum atomic E-state index is 11.8. The number of rotatable bonds is 2. The molecular formula is C17H23NO4. The van der Waals surface area contributed by atoms with Crippen molar-refractivity contribution in [2.24, 2.45) is 0 Å². The van der Waals surface area contributed by atoms with Gasteiger partial charge in [-0.2, -0.15) is 0 Å². The second-order valence-corrected chi connectivity index (χ2v) is 6.58. The van der Waals surface area contributed by atoms with Crippen LogP contribution in [0.5, 0.6) is 5.75 Å². The van der Waals surface area contributed by atoms with E-state index in [0.29, 0.717) is 5.56 Å². The molecular weight excluding hydrogens is 282 g/mol. The Labute approximate surface area is 130 Å². The van der Waals surface area contributed by atoms with Crippen LogP contribution in [-0.4, -0.2) is 47.9 Å². The summed E-state index contributed by atoms with van der Waals surface area (Å²) in [6, 6.07) is 5.16. The number of fused-ring (bicyclic) bond motifs is 1. The van der Waals surface area contributed by atoms with Crippen LogP contribution < -0.4 is 4.74 Å². The fourth-order valence-corrected chi connectivity index (χ4v) is 3.43. The molecule has 1 N–H and O–H groups in total. The summed E-state index contributed by atoms with van der Waals surface area (Å²) in [7, 11) is 1.37. The molecule has 2 unspecified atom stereocenters. The Kier molecular flexibility index (Phi) is 3.87. The van der Waals surface area contributed by atoms with E-state index in [2.05, 4.69) is 4.90 Å². The summed E-state index contributed by atoms with van der Waals surface area (Å²) < 4.78 is 10.8. The smallest absolute Gasteiger partial charge is 0.337 e. The number of nitrogens with zero attached hydrogens (tertiary/aromatic N) is 1. The Balaban J connectivity index is 2.06. The van der Waals surface area contributed by atoms with Gasteiger partial charge in [0.05, 0.1) is 18.7 Å². The number of likely N-dealkylation sites (tertiary alicyclic amines) is 1. The largest absolute Gasteiger partial charge is 0.485 e. The van der Waals surface area contributed by atoms with E-state index in [1.54, 1.807) is 18.2 Å². The number of aliphatic hydroxyl groups is 1.